The van der Waals surface area contributed by atoms with Crippen LogP contribution in [0.4, 0.5) is 5.69 Å². The summed E-state index contributed by atoms with van der Waals surface area (Å²) in [6.45, 7) is 3.66. The van der Waals surface area contributed by atoms with E-state index in [9.17, 15) is 4.79 Å². The lowest BCUT2D eigenvalue weighted by Crippen LogP contribution is -2.46. The van der Waals surface area contributed by atoms with Crippen molar-refractivity contribution in [2.45, 2.75) is 19.4 Å². The number of methoxy groups -OCH3 is 1. The van der Waals surface area contributed by atoms with Crippen molar-refractivity contribution < 1.29 is 9.53 Å². The minimum Gasteiger partial charge on any atom is -0.468 e. The van der Waals surface area contributed by atoms with E-state index in [1.54, 1.807) is 0 Å². The SMILES string of the molecule is COC(=O)C(N)CN1CC(C)Cc2ccccc21. The lowest BCUT2D eigenvalue weighted by molar-refractivity contribution is -0.141. The van der Waals surface area contributed by atoms with Gasteiger partial charge in [0.1, 0.15) is 6.04 Å². The molecule has 2 N–H and O–H groups in total. The Bertz CT molecular complexity index is 434. The first-order valence-corrected chi connectivity index (χ1v) is 6.28. The summed E-state index contributed by atoms with van der Waals surface area (Å²) in [6, 6.07) is 7.71. The van der Waals surface area contributed by atoms with Gasteiger partial charge in [0, 0.05) is 18.8 Å². The fourth-order valence-electron chi connectivity index (χ4n) is 2.54. The Kier molecular flexibility index (Phi) is 3.87. The third-order valence-corrected chi connectivity index (χ3v) is 3.35. The second kappa shape index (κ2) is 5.40. The number of rotatable bonds is 3. The molecule has 0 fully saturated rings. The minimum atomic E-state index is -0.589. The highest BCUT2D eigenvalue weighted by molar-refractivity contribution is 5.76. The maximum Gasteiger partial charge on any atom is 0.324 e. The molecule has 0 radical (unpaired) electrons. The molecule has 0 saturated carbocycles. The van der Waals surface area contributed by atoms with Crippen molar-refractivity contribution in [3.05, 3.63) is 29.8 Å². The van der Waals surface area contributed by atoms with Crippen LogP contribution in [0.5, 0.6) is 0 Å². The minimum absolute atomic E-state index is 0.356. The zero-order valence-electron chi connectivity index (χ0n) is 10.9. The number of nitrogens with two attached hydrogens (primary N) is 1. The number of fused-ring (bicyclic) bond motifs is 1. The molecular formula is C14H20N2O2. The van der Waals surface area contributed by atoms with Crippen LogP contribution in [0.2, 0.25) is 0 Å². The summed E-state index contributed by atoms with van der Waals surface area (Å²) in [4.78, 5) is 13.6. The lowest BCUT2D eigenvalue weighted by atomic mass is 9.93. The number of anilines is 1. The van der Waals surface area contributed by atoms with E-state index in [4.69, 9.17) is 5.73 Å². The van der Waals surface area contributed by atoms with Crippen molar-refractivity contribution in [2.75, 3.05) is 25.1 Å². The van der Waals surface area contributed by atoms with Gasteiger partial charge in [0.2, 0.25) is 0 Å². The van der Waals surface area contributed by atoms with E-state index in [0.29, 0.717) is 12.5 Å². The summed E-state index contributed by atoms with van der Waals surface area (Å²) < 4.78 is 4.68. The molecule has 0 aliphatic carbocycles. The Morgan fingerprint density at radius 1 is 1.56 bits per heavy atom. The number of hydrogen-bond acceptors (Lipinski definition) is 4. The number of carbonyl (C=O) groups is 1. The van der Waals surface area contributed by atoms with Gasteiger partial charge in [0.05, 0.1) is 7.11 Å². The van der Waals surface area contributed by atoms with Crippen molar-refractivity contribution in [2.24, 2.45) is 11.7 Å². The second-order valence-electron chi connectivity index (χ2n) is 4.97. The molecule has 4 heteroatoms. The molecule has 1 aromatic carbocycles. The van der Waals surface area contributed by atoms with Crippen LogP contribution in [0, 0.1) is 5.92 Å². The summed E-state index contributed by atoms with van der Waals surface area (Å²) in [5.74, 6) is 0.218. The molecule has 0 saturated heterocycles. The van der Waals surface area contributed by atoms with Gasteiger partial charge in [-0.25, -0.2) is 0 Å². The Hall–Kier alpha value is -1.55. The van der Waals surface area contributed by atoms with Crippen molar-refractivity contribution in [1.82, 2.24) is 0 Å². The standard InChI is InChI=1S/C14H20N2O2/c1-10-7-11-5-3-4-6-13(11)16(8-10)9-12(15)14(17)18-2/h3-6,10,12H,7-9,15H2,1-2H3. The summed E-state index contributed by atoms with van der Waals surface area (Å²) >= 11 is 0. The van der Waals surface area contributed by atoms with Crippen LogP contribution in [-0.2, 0) is 16.0 Å². The summed E-state index contributed by atoms with van der Waals surface area (Å²) in [6.07, 6.45) is 1.08. The van der Waals surface area contributed by atoms with Crippen molar-refractivity contribution in [3.63, 3.8) is 0 Å². The first-order chi connectivity index (χ1) is 8.61. The van der Waals surface area contributed by atoms with Crippen LogP contribution in [0.3, 0.4) is 0 Å². The van der Waals surface area contributed by atoms with Crippen LogP contribution in [0.25, 0.3) is 0 Å². The Morgan fingerprint density at radius 2 is 2.28 bits per heavy atom. The monoisotopic (exact) mass is 248 g/mol. The summed E-state index contributed by atoms with van der Waals surface area (Å²) in [5, 5.41) is 0. The first-order valence-electron chi connectivity index (χ1n) is 6.28. The number of carbonyl (C=O) groups excluding carboxylic acids is 1. The molecule has 2 atom stereocenters. The zero-order chi connectivity index (χ0) is 13.1. The number of para-hydroxylation sites is 1. The van der Waals surface area contributed by atoms with E-state index in [1.165, 1.54) is 18.4 Å². The number of benzene rings is 1. The van der Waals surface area contributed by atoms with Gasteiger partial charge < -0.3 is 15.4 Å². The number of hydrogen-bond donors (Lipinski definition) is 1. The highest BCUT2D eigenvalue weighted by Gasteiger charge is 2.25. The normalized spacial score (nSPS) is 20.2. The molecule has 1 heterocycles. The smallest absolute Gasteiger partial charge is 0.324 e. The fourth-order valence-corrected chi connectivity index (χ4v) is 2.54. The fraction of sp³-hybridized carbons (Fsp3) is 0.500. The first kappa shape index (κ1) is 12.9. The maximum atomic E-state index is 11.4. The topological polar surface area (TPSA) is 55.6 Å². The van der Waals surface area contributed by atoms with Gasteiger partial charge in [-0.2, -0.15) is 0 Å². The van der Waals surface area contributed by atoms with E-state index in [1.807, 2.05) is 6.07 Å². The zero-order valence-corrected chi connectivity index (χ0v) is 10.9. The predicted octanol–water partition coefficient (Wildman–Crippen LogP) is 1.19. The third kappa shape index (κ3) is 2.64. The van der Waals surface area contributed by atoms with E-state index in [-0.39, 0.29) is 5.97 Å². The number of nitrogens with zero attached hydrogens (tertiary/aromatic N) is 1. The summed E-state index contributed by atoms with van der Waals surface area (Å²) in [5.41, 5.74) is 8.36. The van der Waals surface area contributed by atoms with Crippen LogP contribution in [0.15, 0.2) is 24.3 Å². The van der Waals surface area contributed by atoms with Gasteiger partial charge in [-0.15, -0.1) is 0 Å². The Morgan fingerprint density at radius 3 is 3.00 bits per heavy atom. The molecule has 2 unspecified atom stereocenters. The van der Waals surface area contributed by atoms with Gasteiger partial charge in [-0.05, 0) is 24.0 Å². The molecule has 0 bridgehead atoms. The summed E-state index contributed by atoms with van der Waals surface area (Å²) in [7, 11) is 1.37. The maximum absolute atomic E-state index is 11.4. The molecule has 1 aliphatic rings. The van der Waals surface area contributed by atoms with Gasteiger partial charge in [-0.1, -0.05) is 25.1 Å². The quantitative estimate of drug-likeness (QED) is 0.816. The van der Waals surface area contributed by atoms with Crippen molar-refractivity contribution in [3.8, 4) is 0 Å². The molecule has 0 aromatic heterocycles. The highest BCUT2D eigenvalue weighted by Crippen LogP contribution is 2.29. The average molecular weight is 248 g/mol. The average Bonchev–Trinajstić information content (AvgIpc) is 2.37. The van der Waals surface area contributed by atoms with E-state index >= 15 is 0 Å². The molecule has 0 amide bonds. The number of ether oxygens (including phenoxy) is 1. The highest BCUT2D eigenvalue weighted by atomic mass is 16.5. The van der Waals surface area contributed by atoms with Crippen LogP contribution in [0.1, 0.15) is 12.5 Å². The molecule has 18 heavy (non-hydrogen) atoms. The van der Waals surface area contributed by atoms with Crippen LogP contribution < -0.4 is 10.6 Å². The molecule has 1 aromatic rings. The van der Waals surface area contributed by atoms with Gasteiger partial charge in [0.25, 0.3) is 0 Å². The van der Waals surface area contributed by atoms with Crippen molar-refractivity contribution >= 4 is 11.7 Å². The predicted molar refractivity (Wildman–Crippen MR) is 71.5 cm³/mol. The number of esters is 1. The molecule has 0 spiro atoms. The Balaban J connectivity index is 2.16. The van der Waals surface area contributed by atoms with E-state index in [2.05, 4.69) is 34.8 Å². The second-order valence-corrected chi connectivity index (χ2v) is 4.97. The third-order valence-electron chi connectivity index (χ3n) is 3.35. The van der Waals surface area contributed by atoms with E-state index in [0.717, 1.165) is 13.0 Å². The molecule has 4 nitrogen and oxygen atoms in total. The molecule has 1 aliphatic heterocycles. The molecule has 2 rings (SSSR count). The lowest BCUT2D eigenvalue weighted by Gasteiger charge is -2.35. The van der Waals surface area contributed by atoms with Gasteiger partial charge >= 0.3 is 5.97 Å². The largest absolute Gasteiger partial charge is 0.468 e. The van der Waals surface area contributed by atoms with Crippen molar-refractivity contribution in [1.29, 1.82) is 0 Å². The van der Waals surface area contributed by atoms with E-state index < -0.39 is 6.04 Å². The van der Waals surface area contributed by atoms with Gasteiger partial charge in [-0.3, -0.25) is 4.79 Å². The van der Waals surface area contributed by atoms with Gasteiger partial charge in [0.15, 0.2) is 0 Å². The Labute approximate surface area is 108 Å². The van der Waals surface area contributed by atoms with Crippen LogP contribution in [-0.4, -0.2) is 32.2 Å². The molecule has 98 valence electrons. The van der Waals surface area contributed by atoms with Crippen LogP contribution >= 0.6 is 0 Å². The molecular weight excluding hydrogens is 228 g/mol.